The fourth-order valence-electron chi connectivity index (χ4n) is 2.15. The van der Waals surface area contributed by atoms with Crippen molar-refractivity contribution in [2.45, 2.75) is 45.8 Å². The van der Waals surface area contributed by atoms with E-state index < -0.39 is 0 Å². The Morgan fingerprint density at radius 1 is 1.26 bits per heavy atom. The summed E-state index contributed by atoms with van der Waals surface area (Å²) >= 11 is 0. The highest BCUT2D eigenvalue weighted by molar-refractivity contribution is 5.84. The molecule has 2 atom stereocenters. The molecule has 0 aliphatic carbocycles. The molecule has 0 N–H and O–H groups in total. The van der Waals surface area contributed by atoms with Gasteiger partial charge in [-0.3, -0.25) is 4.79 Å². The Labute approximate surface area is 115 Å². The van der Waals surface area contributed by atoms with E-state index in [0.29, 0.717) is 6.42 Å². The van der Waals surface area contributed by atoms with Gasteiger partial charge in [-0.15, -0.1) is 0 Å². The van der Waals surface area contributed by atoms with Crippen LogP contribution in [0.15, 0.2) is 42.5 Å². The first-order valence-corrected chi connectivity index (χ1v) is 6.87. The van der Waals surface area contributed by atoms with Crippen LogP contribution in [0.5, 0.6) is 0 Å². The average Bonchev–Trinajstić information content (AvgIpc) is 2.39. The molecule has 0 spiro atoms. The second kappa shape index (κ2) is 5.70. The van der Waals surface area contributed by atoms with Gasteiger partial charge in [0, 0.05) is 11.8 Å². The lowest BCUT2D eigenvalue weighted by molar-refractivity contribution is -0.129. The minimum absolute atomic E-state index is 0.0731. The van der Waals surface area contributed by atoms with Crippen LogP contribution in [0.1, 0.15) is 45.3 Å². The van der Waals surface area contributed by atoms with Crippen LogP contribution >= 0.6 is 0 Å². The van der Waals surface area contributed by atoms with Crippen molar-refractivity contribution in [3.63, 3.8) is 0 Å². The normalized spacial score (nSPS) is 23.3. The monoisotopic (exact) mass is 258 g/mol. The molecule has 0 amide bonds. The van der Waals surface area contributed by atoms with Crippen LogP contribution in [-0.4, -0.2) is 11.9 Å². The van der Waals surface area contributed by atoms with Crippen molar-refractivity contribution < 1.29 is 9.53 Å². The maximum atomic E-state index is 12.1. The van der Waals surface area contributed by atoms with Gasteiger partial charge >= 0.3 is 0 Å². The largest absolute Gasteiger partial charge is 0.365 e. The number of rotatable bonds is 3. The van der Waals surface area contributed by atoms with Gasteiger partial charge in [-0.1, -0.05) is 63.3 Å². The molecule has 1 aliphatic heterocycles. The number of hydrogen-bond acceptors (Lipinski definition) is 2. The molecule has 2 rings (SSSR count). The quantitative estimate of drug-likeness (QED) is 0.764. The third-order valence-electron chi connectivity index (χ3n) is 3.43. The smallest absolute Gasteiger partial charge is 0.141 e. The lowest BCUT2D eigenvalue weighted by atomic mass is 9.87. The van der Waals surface area contributed by atoms with E-state index in [2.05, 4.69) is 18.2 Å². The molecule has 102 valence electrons. The van der Waals surface area contributed by atoms with E-state index in [1.54, 1.807) is 0 Å². The predicted octanol–water partition coefficient (Wildman–Crippen LogP) is 4.08. The minimum atomic E-state index is -0.295. The first kappa shape index (κ1) is 14.0. The summed E-state index contributed by atoms with van der Waals surface area (Å²) in [6, 6.07) is 10.2. The number of ether oxygens (including phenoxy) is 1. The van der Waals surface area contributed by atoms with Crippen molar-refractivity contribution >= 4 is 5.78 Å². The molecule has 0 aromatic heterocycles. The highest BCUT2D eigenvalue weighted by atomic mass is 16.5. The molecule has 0 saturated heterocycles. The Morgan fingerprint density at radius 2 is 1.95 bits per heavy atom. The fourth-order valence-corrected chi connectivity index (χ4v) is 2.15. The zero-order valence-electron chi connectivity index (χ0n) is 11.9. The van der Waals surface area contributed by atoms with E-state index in [1.807, 2.05) is 45.0 Å². The SMILES string of the molecule is CC(C)(C)C(=O)C[C@H]1C=CC[C@@H](c2ccccc2)O1. The highest BCUT2D eigenvalue weighted by Gasteiger charge is 2.27. The van der Waals surface area contributed by atoms with Crippen LogP contribution < -0.4 is 0 Å². The molecule has 1 aromatic carbocycles. The second-order valence-electron chi connectivity index (χ2n) is 6.12. The molecule has 0 bridgehead atoms. The Kier molecular flexibility index (Phi) is 4.20. The van der Waals surface area contributed by atoms with E-state index in [-0.39, 0.29) is 23.4 Å². The van der Waals surface area contributed by atoms with Crippen molar-refractivity contribution in [3.05, 3.63) is 48.0 Å². The molecule has 0 saturated carbocycles. The summed E-state index contributed by atoms with van der Waals surface area (Å²) in [7, 11) is 0. The zero-order valence-corrected chi connectivity index (χ0v) is 11.9. The molecular formula is C17H22O2. The summed E-state index contributed by atoms with van der Waals surface area (Å²) in [5, 5.41) is 0. The van der Waals surface area contributed by atoms with Gasteiger partial charge in [0.15, 0.2) is 0 Å². The summed E-state index contributed by atoms with van der Waals surface area (Å²) in [6.07, 6.45) is 5.47. The Bertz CT molecular complexity index is 454. The highest BCUT2D eigenvalue weighted by Crippen LogP contribution is 2.29. The molecule has 19 heavy (non-hydrogen) atoms. The van der Waals surface area contributed by atoms with Gasteiger partial charge in [0.05, 0.1) is 12.2 Å². The van der Waals surface area contributed by atoms with Gasteiger partial charge in [0.2, 0.25) is 0 Å². The molecule has 1 heterocycles. The van der Waals surface area contributed by atoms with Gasteiger partial charge in [-0.2, -0.15) is 0 Å². The lowest BCUT2D eigenvalue weighted by Crippen LogP contribution is -2.28. The van der Waals surface area contributed by atoms with Crippen molar-refractivity contribution in [2.24, 2.45) is 5.41 Å². The first-order chi connectivity index (χ1) is 8.97. The van der Waals surface area contributed by atoms with Gasteiger partial charge in [0.25, 0.3) is 0 Å². The summed E-state index contributed by atoms with van der Waals surface area (Å²) in [5.41, 5.74) is 0.886. The Balaban J connectivity index is 2.01. The molecular weight excluding hydrogens is 236 g/mol. The van der Waals surface area contributed by atoms with Gasteiger partial charge in [-0.05, 0) is 12.0 Å². The standard InChI is InChI=1S/C17H22O2/c1-17(2,3)16(18)12-14-10-7-11-15(19-14)13-8-5-4-6-9-13/h4-10,14-15H,11-12H2,1-3H3/t14-,15+/m1/s1. The number of benzene rings is 1. The van der Waals surface area contributed by atoms with Crippen molar-refractivity contribution in [2.75, 3.05) is 0 Å². The van der Waals surface area contributed by atoms with Crippen LogP contribution in [0, 0.1) is 5.41 Å². The number of Topliss-reactive ketones (excluding diaryl/α,β-unsaturated/α-hetero) is 1. The first-order valence-electron chi connectivity index (χ1n) is 6.87. The third-order valence-corrected chi connectivity index (χ3v) is 3.43. The maximum absolute atomic E-state index is 12.1. The maximum Gasteiger partial charge on any atom is 0.141 e. The van der Waals surface area contributed by atoms with Crippen LogP contribution in [-0.2, 0) is 9.53 Å². The molecule has 2 nitrogen and oxygen atoms in total. The summed E-state index contributed by atoms with van der Waals surface area (Å²) in [6.45, 7) is 5.86. The van der Waals surface area contributed by atoms with Crippen LogP contribution in [0.3, 0.4) is 0 Å². The van der Waals surface area contributed by atoms with Crippen molar-refractivity contribution in [3.8, 4) is 0 Å². The Hall–Kier alpha value is -1.41. The summed E-state index contributed by atoms with van der Waals surface area (Å²) in [4.78, 5) is 12.1. The van der Waals surface area contributed by atoms with E-state index >= 15 is 0 Å². The molecule has 0 fully saturated rings. The topological polar surface area (TPSA) is 26.3 Å². The van der Waals surface area contributed by atoms with E-state index in [0.717, 1.165) is 6.42 Å². The van der Waals surface area contributed by atoms with Crippen molar-refractivity contribution in [1.82, 2.24) is 0 Å². The number of carbonyl (C=O) groups is 1. The van der Waals surface area contributed by atoms with Crippen LogP contribution in [0.4, 0.5) is 0 Å². The van der Waals surface area contributed by atoms with Crippen molar-refractivity contribution in [1.29, 1.82) is 0 Å². The van der Waals surface area contributed by atoms with Gasteiger partial charge in [0.1, 0.15) is 5.78 Å². The predicted molar refractivity (Wildman–Crippen MR) is 76.9 cm³/mol. The lowest BCUT2D eigenvalue weighted by Gasteiger charge is -2.28. The number of hydrogen-bond donors (Lipinski definition) is 0. The van der Waals surface area contributed by atoms with E-state index in [1.165, 1.54) is 5.56 Å². The molecule has 1 aromatic rings. The van der Waals surface area contributed by atoms with Gasteiger partial charge < -0.3 is 4.74 Å². The second-order valence-corrected chi connectivity index (χ2v) is 6.12. The number of ketones is 1. The summed E-state index contributed by atoms with van der Waals surface area (Å²) < 4.78 is 6.03. The van der Waals surface area contributed by atoms with Crippen LogP contribution in [0.25, 0.3) is 0 Å². The third kappa shape index (κ3) is 3.77. The average molecular weight is 258 g/mol. The number of carbonyl (C=O) groups excluding carboxylic acids is 1. The molecule has 0 unspecified atom stereocenters. The molecule has 1 aliphatic rings. The van der Waals surface area contributed by atoms with Gasteiger partial charge in [-0.25, -0.2) is 0 Å². The van der Waals surface area contributed by atoms with E-state index in [9.17, 15) is 4.79 Å². The Morgan fingerprint density at radius 3 is 2.58 bits per heavy atom. The zero-order chi connectivity index (χ0) is 13.9. The van der Waals surface area contributed by atoms with Crippen LogP contribution in [0.2, 0.25) is 0 Å². The van der Waals surface area contributed by atoms with E-state index in [4.69, 9.17) is 4.74 Å². The summed E-state index contributed by atoms with van der Waals surface area (Å²) in [5.74, 6) is 0.246. The molecule has 2 heteroatoms. The fraction of sp³-hybridized carbons (Fsp3) is 0.471. The molecule has 0 radical (unpaired) electrons. The minimum Gasteiger partial charge on any atom is -0.365 e.